The van der Waals surface area contributed by atoms with Gasteiger partial charge >= 0.3 is 0 Å². The molecule has 0 aromatic heterocycles. The molecule has 0 saturated carbocycles. The third kappa shape index (κ3) is 11.0. The first kappa shape index (κ1) is 58.7. The molecule has 13 rings (SSSR count). The molecule has 0 unspecified atom stereocenters. The molecule has 444 valence electrons. The first-order valence-corrected chi connectivity index (χ1v) is 31.1. The standard InChI is InChI=1S/C80H64O8S2/c1-81-57-33-17-49(18-34-57)69(50-19-35-58(82-2)36-20-50)73-65-13-9-10-14-66(65)74(70(51-21-37-59(83-3)38-22-51)52-23-39-60(84-4)40-24-52)78-77(73)89-79-75(71(53-25-41-61(85-5)42-26-53)54-27-43-62(86-6)44-28-54)67-15-11-12-16-68(67)76(80(79)90-78)72(55-29-45-63(87-7)46-30-55)56-31-47-64(88-8)48-32-56/h9-48H,1-8H3. The van der Waals surface area contributed by atoms with Gasteiger partial charge in [-0.3, -0.25) is 0 Å². The molecule has 0 bridgehead atoms. The molecule has 90 heavy (non-hydrogen) atoms. The quantitative estimate of drug-likeness (QED) is 0.0934. The summed E-state index contributed by atoms with van der Waals surface area (Å²) in [4.78, 5) is 4.35. The van der Waals surface area contributed by atoms with E-state index in [-0.39, 0.29) is 0 Å². The first-order chi connectivity index (χ1) is 44.3. The van der Waals surface area contributed by atoms with E-state index < -0.39 is 0 Å². The van der Waals surface area contributed by atoms with Gasteiger partial charge in [0.25, 0.3) is 0 Å². The molecular weight excluding hydrogens is 1150 g/mol. The van der Waals surface area contributed by atoms with Crippen molar-refractivity contribution in [2.45, 2.75) is 19.6 Å². The monoisotopic (exact) mass is 1220 g/mol. The van der Waals surface area contributed by atoms with Gasteiger partial charge in [0.2, 0.25) is 0 Å². The summed E-state index contributed by atoms with van der Waals surface area (Å²) in [5.74, 6) is 6.09. The summed E-state index contributed by atoms with van der Waals surface area (Å²) < 4.78 is 46.8. The van der Waals surface area contributed by atoms with Gasteiger partial charge in [0, 0.05) is 40.5 Å². The lowest BCUT2D eigenvalue weighted by Crippen LogP contribution is -2.30. The SMILES string of the molecule is COc1ccc(C(c2ccc(OC)cc2)=c2c3c(c(=C(c4ccc(OC)cc4)c4ccc(OC)cc4)c4ccccc24)Sc2c(c(=C(c4ccc(OC)cc4)c4ccc(OC)cc4)c4ccccc4c2=C(c2ccc(OC)cc2)c2ccc(OC)cc2)S3)cc1. The second-order valence-corrected chi connectivity index (χ2v) is 23.5. The average molecular weight is 1220 g/mol. The molecule has 0 radical (unpaired) electrons. The predicted octanol–water partition coefficient (Wildman–Crippen LogP) is 15.7. The molecule has 1 heterocycles. The van der Waals surface area contributed by atoms with Gasteiger partial charge in [0.1, 0.15) is 46.0 Å². The Balaban J connectivity index is 1.34. The molecule has 10 heteroatoms. The van der Waals surface area contributed by atoms with Crippen molar-refractivity contribution in [1.29, 1.82) is 0 Å². The van der Waals surface area contributed by atoms with E-state index in [0.717, 1.165) is 175 Å². The number of hydrogen-bond donors (Lipinski definition) is 0. The van der Waals surface area contributed by atoms with Crippen molar-refractivity contribution in [3.05, 3.63) is 308 Å². The highest BCUT2D eigenvalue weighted by Crippen LogP contribution is 2.48. The van der Waals surface area contributed by atoms with Gasteiger partial charge in [-0.25, -0.2) is 0 Å². The van der Waals surface area contributed by atoms with Crippen molar-refractivity contribution in [2.75, 3.05) is 56.9 Å². The van der Waals surface area contributed by atoms with Crippen LogP contribution < -0.4 is 58.8 Å². The Bertz CT molecular complexity index is 4070. The highest BCUT2D eigenvalue weighted by molar-refractivity contribution is 8.05. The second-order valence-electron chi connectivity index (χ2n) is 21.4. The maximum Gasteiger partial charge on any atom is 0.118 e. The summed E-state index contributed by atoms with van der Waals surface area (Å²) in [6, 6.07) is 85.5. The van der Waals surface area contributed by atoms with Crippen LogP contribution in [0.25, 0.3) is 43.8 Å². The van der Waals surface area contributed by atoms with Crippen LogP contribution in [0.4, 0.5) is 0 Å². The van der Waals surface area contributed by atoms with Gasteiger partial charge in [0.05, 0.1) is 56.9 Å². The molecule has 0 fully saturated rings. The van der Waals surface area contributed by atoms with Crippen LogP contribution in [-0.2, 0) is 0 Å². The summed E-state index contributed by atoms with van der Waals surface area (Å²) in [7, 11) is 13.7. The second kappa shape index (κ2) is 25.8. The minimum Gasteiger partial charge on any atom is -0.497 e. The first-order valence-electron chi connectivity index (χ1n) is 29.4. The molecule has 0 atom stereocenters. The maximum atomic E-state index is 5.85. The van der Waals surface area contributed by atoms with E-state index in [4.69, 9.17) is 37.9 Å². The third-order valence-corrected chi connectivity index (χ3v) is 19.4. The van der Waals surface area contributed by atoms with E-state index in [0.29, 0.717) is 0 Å². The highest BCUT2D eigenvalue weighted by atomic mass is 32.2. The number of ether oxygens (including phenoxy) is 8. The Morgan fingerprint density at radius 1 is 0.189 bits per heavy atom. The van der Waals surface area contributed by atoms with Gasteiger partial charge < -0.3 is 37.9 Å². The van der Waals surface area contributed by atoms with E-state index in [1.54, 1.807) is 56.9 Å². The summed E-state index contributed by atoms with van der Waals surface area (Å²) >= 11 is 3.66. The van der Waals surface area contributed by atoms with Crippen LogP contribution in [-0.4, -0.2) is 56.9 Å². The van der Waals surface area contributed by atoms with Gasteiger partial charge in [-0.1, -0.05) is 169 Å². The lowest BCUT2D eigenvalue weighted by atomic mass is 9.89. The van der Waals surface area contributed by atoms with Crippen molar-refractivity contribution in [2.24, 2.45) is 0 Å². The predicted molar refractivity (Wildman–Crippen MR) is 365 cm³/mol. The van der Waals surface area contributed by atoms with E-state index in [1.165, 1.54) is 0 Å². The lowest BCUT2D eigenvalue weighted by molar-refractivity contribution is 0.414. The number of fused-ring (bicyclic) bond motifs is 4. The van der Waals surface area contributed by atoms with Crippen molar-refractivity contribution < 1.29 is 37.9 Å². The maximum absolute atomic E-state index is 5.85. The fourth-order valence-corrected chi connectivity index (χ4v) is 15.2. The minimum absolute atomic E-state index is 0.761. The minimum atomic E-state index is 0.761. The molecule has 0 N–H and O–H groups in total. The topological polar surface area (TPSA) is 73.8 Å². The van der Waals surface area contributed by atoms with Crippen LogP contribution in [0.1, 0.15) is 44.5 Å². The molecule has 12 aromatic rings. The zero-order chi connectivity index (χ0) is 61.8. The molecule has 1 aliphatic heterocycles. The molecule has 8 nitrogen and oxygen atoms in total. The molecule has 0 aliphatic carbocycles. The van der Waals surface area contributed by atoms with E-state index >= 15 is 0 Å². The average Bonchev–Trinajstić information content (AvgIpc) is 0.744. The molecular formula is C80H64O8S2. The number of methoxy groups -OCH3 is 8. The Morgan fingerprint density at radius 3 is 0.444 bits per heavy atom. The fourth-order valence-electron chi connectivity index (χ4n) is 12.3. The largest absolute Gasteiger partial charge is 0.497 e. The Hall–Kier alpha value is -10.3. The van der Waals surface area contributed by atoms with E-state index in [1.807, 2.05) is 23.5 Å². The fraction of sp³-hybridized carbons (Fsp3) is 0.100. The van der Waals surface area contributed by atoms with Gasteiger partial charge in [0.15, 0.2) is 0 Å². The van der Waals surface area contributed by atoms with Crippen LogP contribution in [0.15, 0.2) is 262 Å². The van der Waals surface area contributed by atoms with Crippen LogP contribution >= 0.6 is 23.5 Å². The summed E-state index contributed by atoms with van der Waals surface area (Å²) in [5, 5.41) is 8.62. The molecule has 0 amide bonds. The van der Waals surface area contributed by atoms with Gasteiger partial charge in [-0.15, -0.1) is 0 Å². The Kier molecular flexibility index (Phi) is 16.9. The van der Waals surface area contributed by atoms with Gasteiger partial charge in [-0.2, -0.15) is 0 Å². The summed E-state index contributed by atoms with van der Waals surface area (Å²) in [5.41, 5.74) is 12.3. The molecule has 0 spiro atoms. The van der Waals surface area contributed by atoms with Crippen LogP contribution in [0.3, 0.4) is 0 Å². The Labute approximate surface area is 532 Å². The molecule has 1 aliphatic rings. The van der Waals surface area contributed by atoms with Crippen molar-refractivity contribution >= 4 is 67.4 Å². The molecule has 12 aromatic carbocycles. The number of hydrogen-bond acceptors (Lipinski definition) is 10. The smallest absolute Gasteiger partial charge is 0.118 e. The van der Waals surface area contributed by atoms with Crippen molar-refractivity contribution in [1.82, 2.24) is 0 Å². The zero-order valence-corrected chi connectivity index (χ0v) is 52.8. The van der Waals surface area contributed by atoms with Crippen molar-refractivity contribution in [3.63, 3.8) is 0 Å². The Morgan fingerprint density at radius 2 is 0.322 bits per heavy atom. The van der Waals surface area contributed by atoms with Gasteiger partial charge in [-0.05, 0) is 185 Å². The third-order valence-electron chi connectivity index (χ3n) is 16.7. The summed E-state index contributed by atoms with van der Waals surface area (Å²) in [6.45, 7) is 0. The van der Waals surface area contributed by atoms with E-state index in [2.05, 4.69) is 243 Å². The zero-order valence-electron chi connectivity index (χ0n) is 51.2. The summed E-state index contributed by atoms with van der Waals surface area (Å²) in [6.07, 6.45) is 0. The highest BCUT2D eigenvalue weighted by Gasteiger charge is 2.31. The lowest BCUT2D eigenvalue weighted by Gasteiger charge is -2.28. The number of benzene rings is 12. The van der Waals surface area contributed by atoms with Crippen LogP contribution in [0, 0.1) is 0 Å². The number of rotatable bonds is 16. The normalized spacial score (nSPS) is 11.5. The van der Waals surface area contributed by atoms with Crippen molar-refractivity contribution in [3.8, 4) is 46.0 Å². The van der Waals surface area contributed by atoms with E-state index in [9.17, 15) is 0 Å². The molecule has 0 saturated heterocycles. The van der Waals surface area contributed by atoms with Crippen LogP contribution in [0.5, 0.6) is 46.0 Å². The van der Waals surface area contributed by atoms with Crippen LogP contribution in [0.2, 0.25) is 0 Å².